The largest absolute Gasteiger partial charge is 0.496 e. The number of halogens is 1. The summed E-state index contributed by atoms with van der Waals surface area (Å²) in [6, 6.07) is 16.2. The van der Waals surface area contributed by atoms with Gasteiger partial charge in [-0.25, -0.2) is 0 Å². The predicted molar refractivity (Wildman–Crippen MR) is 123 cm³/mol. The Morgan fingerprint density at radius 3 is 1.94 bits per heavy atom. The molecule has 160 valence electrons. The van der Waals surface area contributed by atoms with Crippen molar-refractivity contribution in [1.29, 1.82) is 0 Å². The summed E-state index contributed by atoms with van der Waals surface area (Å²) in [6.07, 6.45) is 0. The molecule has 0 aromatic heterocycles. The number of carbonyl (C=O) groups is 2. The van der Waals surface area contributed by atoms with E-state index in [0.29, 0.717) is 5.56 Å². The van der Waals surface area contributed by atoms with Crippen molar-refractivity contribution in [3.63, 3.8) is 0 Å². The fraction of sp³-hybridized carbons (Fsp3) is 0.167. The molecule has 0 spiro atoms. The fourth-order valence-corrected chi connectivity index (χ4v) is 6.47. The Balaban J connectivity index is 2.41. The zero-order valence-electron chi connectivity index (χ0n) is 17.6. The minimum Gasteiger partial charge on any atom is -0.496 e. The first-order chi connectivity index (χ1) is 14.7. The summed E-state index contributed by atoms with van der Waals surface area (Å²) in [4.78, 5) is 27.6. The summed E-state index contributed by atoms with van der Waals surface area (Å²) >= 11 is 6.33. The smallest absolute Gasteiger partial charge is 0.256 e. The number of carbonyl (C=O) groups excluding carboxylic acids is 2. The van der Waals surface area contributed by atoms with Crippen LogP contribution in [-0.4, -0.2) is 25.3 Å². The molecule has 1 unspecified atom stereocenters. The standard InChI is InChI=1S/C24H22ClO5P/c1-15-13-19(29-3)22(20(14-15)30-4)31(28,23(26)17-10-6-5-7-11-17)24(27)21-16(2)9-8-12-18(21)25/h5-14H,1-4H3. The van der Waals surface area contributed by atoms with Crippen LogP contribution in [0.15, 0.2) is 60.7 Å². The minimum absolute atomic E-state index is 0.0430. The predicted octanol–water partition coefficient (Wildman–Crippen LogP) is 5.64. The van der Waals surface area contributed by atoms with E-state index in [9.17, 15) is 14.2 Å². The Hall–Kier alpha value is -2.88. The summed E-state index contributed by atoms with van der Waals surface area (Å²) in [5.41, 5.74) is -0.195. The first-order valence-electron chi connectivity index (χ1n) is 9.48. The van der Waals surface area contributed by atoms with Crippen molar-refractivity contribution in [3.8, 4) is 11.5 Å². The fourth-order valence-electron chi connectivity index (χ4n) is 3.45. The lowest BCUT2D eigenvalue weighted by atomic mass is 10.1. The minimum atomic E-state index is -4.49. The monoisotopic (exact) mass is 456 g/mol. The maximum absolute atomic E-state index is 14.7. The molecule has 0 aliphatic carbocycles. The van der Waals surface area contributed by atoms with Gasteiger partial charge in [0.1, 0.15) is 16.8 Å². The molecule has 0 amide bonds. The number of hydrogen-bond acceptors (Lipinski definition) is 5. The van der Waals surface area contributed by atoms with Crippen molar-refractivity contribution >= 4 is 35.1 Å². The van der Waals surface area contributed by atoms with Gasteiger partial charge in [-0.15, -0.1) is 0 Å². The van der Waals surface area contributed by atoms with Crippen molar-refractivity contribution in [3.05, 3.63) is 87.9 Å². The lowest BCUT2D eigenvalue weighted by molar-refractivity contribution is 0.104. The van der Waals surface area contributed by atoms with Crippen LogP contribution in [0.4, 0.5) is 0 Å². The SMILES string of the molecule is COc1cc(C)cc(OC)c1P(=O)(C(=O)c1ccccc1)C(=O)c1c(C)cccc1Cl. The van der Waals surface area contributed by atoms with Crippen LogP contribution in [0.1, 0.15) is 31.8 Å². The molecule has 0 saturated carbocycles. The zero-order chi connectivity index (χ0) is 22.8. The highest BCUT2D eigenvalue weighted by Gasteiger charge is 2.48. The zero-order valence-corrected chi connectivity index (χ0v) is 19.3. The number of hydrogen-bond donors (Lipinski definition) is 0. The number of rotatable bonds is 7. The summed E-state index contributed by atoms with van der Waals surface area (Å²) in [5, 5.41) is 0.0532. The highest BCUT2D eigenvalue weighted by atomic mass is 35.5. The van der Waals surface area contributed by atoms with Crippen LogP contribution in [-0.2, 0) is 4.57 Å². The average Bonchev–Trinajstić information content (AvgIpc) is 2.77. The van der Waals surface area contributed by atoms with Gasteiger partial charge in [0.2, 0.25) is 11.0 Å². The van der Waals surface area contributed by atoms with Gasteiger partial charge in [0, 0.05) is 11.1 Å². The van der Waals surface area contributed by atoms with E-state index in [1.54, 1.807) is 56.3 Å². The second-order valence-electron chi connectivity index (χ2n) is 7.04. The molecule has 3 aromatic rings. The molecule has 0 aliphatic rings. The van der Waals surface area contributed by atoms with E-state index in [-0.39, 0.29) is 33.0 Å². The molecule has 0 radical (unpaired) electrons. The topological polar surface area (TPSA) is 69.7 Å². The average molecular weight is 457 g/mol. The molecule has 31 heavy (non-hydrogen) atoms. The second-order valence-corrected chi connectivity index (χ2v) is 9.92. The third kappa shape index (κ3) is 4.04. The van der Waals surface area contributed by atoms with E-state index in [2.05, 4.69) is 0 Å². The summed E-state index contributed by atoms with van der Waals surface area (Å²) in [5.74, 6) is 0.282. The highest BCUT2D eigenvalue weighted by molar-refractivity contribution is 8.01. The highest BCUT2D eigenvalue weighted by Crippen LogP contribution is 2.56. The first-order valence-corrected chi connectivity index (χ1v) is 11.6. The lowest BCUT2D eigenvalue weighted by Gasteiger charge is -2.23. The Morgan fingerprint density at radius 2 is 1.42 bits per heavy atom. The molecule has 0 fully saturated rings. The van der Waals surface area contributed by atoms with E-state index in [1.165, 1.54) is 32.4 Å². The quantitative estimate of drug-likeness (QED) is 0.430. The van der Waals surface area contributed by atoms with Gasteiger partial charge in [0.15, 0.2) is 0 Å². The Labute approximate surface area is 186 Å². The Bertz CT molecular complexity index is 1160. The van der Waals surface area contributed by atoms with E-state index in [4.69, 9.17) is 21.1 Å². The van der Waals surface area contributed by atoms with Crippen molar-refractivity contribution in [1.82, 2.24) is 0 Å². The molecular formula is C24H22ClO5P. The van der Waals surface area contributed by atoms with Crippen LogP contribution in [0.2, 0.25) is 5.02 Å². The second kappa shape index (κ2) is 9.09. The maximum atomic E-state index is 14.7. The summed E-state index contributed by atoms with van der Waals surface area (Å²) in [6.45, 7) is 3.48. The third-order valence-electron chi connectivity index (χ3n) is 4.97. The molecule has 3 aromatic carbocycles. The molecule has 0 aliphatic heterocycles. The molecule has 0 heterocycles. The van der Waals surface area contributed by atoms with Crippen molar-refractivity contribution in [2.24, 2.45) is 0 Å². The summed E-state index contributed by atoms with van der Waals surface area (Å²) < 4.78 is 25.6. The molecule has 1 atom stereocenters. The van der Waals surface area contributed by atoms with Gasteiger partial charge >= 0.3 is 0 Å². The normalized spacial score (nSPS) is 12.7. The maximum Gasteiger partial charge on any atom is 0.256 e. The molecule has 5 nitrogen and oxygen atoms in total. The van der Waals surface area contributed by atoms with E-state index in [1.807, 2.05) is 0 Å². The Kier molecular flexibility index (Phi) is 6.68. The summed E-state index contributed by atoms with van der Waals surface area (Å²) in [7, 11) is -1.71. The van der Waals surface area contributed by atoms with Crippen LogP contribution >= 0.6 is 18.7 Å². The van der Waals surface area contributed by atoms with E-state index >= 15 is 0 Å². The molecule has 0 bridgehead atoms. The van der Waals surface area contributed by atoms with Crippen molar-refractivity contribution in [2.45, 2.75) is 13.8 Å². The van der Waals surface area contributed by atoms with Gasteiger partial charge in [-0.3, -0.25) is 9.59 Å². The van der Waals surface area contributed by atoms with Crippen LogP contribution in [0.5, 0.6) is 11.5 Å². The molecule has 0 saturated heterocycles. The van der Waals surface area contributed by atoms with Crippen LogP contribution in [0.3, 0.4) is 0 Å². The van der Waals surface area contributed by atoms with E-state index in [0.717, 1.165) is 5.56 Å². The third-order valence-corrected chi connectivity index (χ3v) is 7.98. The first kappa shape index (κ1) is 22.8. The van der Waals surface area contributed by atoms with Crippen LogP contribution in [0, 0.1) is 13.8 Å². The van der Waals surface area contributed by atoms with Crippen molar-refractivity contribution < 1.29 is 23.6 Å². The molecule has 0 N–H and O–H groups in total. The lowest BCUT2D eigenvalue weighted by Crippen LogP contribution is -2.24. The Morgan fingerprint density at radius 1 is 0.839 bits per heavy atom. The van der Waals surface area contributed by atoms with Gasteiger partial charge in [0.05, 0.1) is 19.2 Å². The number of methoxy groups -OCH3 is 2. The molecule has 7 heteroatoms. The van der Waals surface area contributed by atoms with Gasteiger partial charge in [-0.05, 0) is 43.2 Å². The number of benzene rings is 3. The van der Waals surface area contributed by atoms with Crippen molar-refractivity contribution in [2.75, 3.05) is 14.2 Å². The number of ether oxygens (including phenoxy) is 2. The van der Waals surface area contributed by atoms with Gasteiger partial charge < -0.3 is 14.0 Å². The molecule has 3 rings (SSSR count). The van der Waals surface area contributed by atoms with Crippen LogP contribution in [0.25, 0.3) is 0 Å². The van der Waals surface area contributed by atoms with Crippen LogP contribution < -0.4 is 14.8 Å². The van der Waals surface area contributed by atoms with E-state index < -0.39 is 18.2 Å². The van der Waals surface area contributed by atoms with Gasteiger partial charge in [-0.1, -0.05) is 54.1 Å². The molecular weight excluding hydrogens is 435 g/mol. The van der Waals surface area contributed by atoms with Gasteiger partial charge in [-0.2, -0.15) is 0 Å². The number of aryl methyl sites for hydroxylation is 2. The van der Waals surface area contributed by atoms with Gasteiger partial charge in [0.25, 0.3) is 7.14 Å².